The van der Waals surface area contributed by atoms with Crippen molar-refractivity contribution in [3.8, 4) is 0 Å². The fourth-order valence-electron chi connectivity index (χ4n) is 1.17. The van der Waals surface area contributed by atoms with Crippen LogP contribution in [0.1, 0.15) is 19.8 Å². The van der Waals surface area contributed by atoms with E-state index < -0.39 is 0 Å². The van der Waals surface area contributed by atoms with E-state index in [1.807, 2.05) is 0 Å². The minimum Gasteiger partial charge on any atom is -0.391 e. The van der Waals surface area contributed by atoms with E-state index in [1.165, 1.54) is 0 Å². The van der Waals surface area contributed by atoms with Gasteiger partial charge >= 0.3 is 0 Å². The van der Waals surface area contributed by atoms with E-state index in [1.54, 1.807) is 0 Å². The van der Waals surface area contributed by atoms with Crippen molar-refractivity contribution in [1.29, 1.82) is 0 Å². The van der Waals surface area contributed by atoms with Crippen molar-refractivity contribution in [2.75, 3.05) is 6.54 Å². The number of hydrogen-bond acceptors (Lipinski definition) is 2. The van der Waals surface area contributed by atoms with E-state index in [9.17, 15) is 0 Å². The predicted octanol–water partition coefficient (Wildman–Crippen LogP) is 0.119. The predicted molar refractivity (Wildman–Crippen MR) is 32.7 cm³/mol. The van der Waals surface area contributed by atoms with Crippen molar-refractivity contribution in [3.05, 3.63) is 0 Å². The Bertz CT molecular complexity index is 74.9. The van der Waals surface area contributed by atoms with Gasteiger partial charge in [0.25, 0.3) is 0 Å². The van der Waals surface area contributed by atoms with E-state index in [0.717, 1.165) is 19.4 Å². The van der Waals surface area contributed by atoms with E-state index >= 15 is 0 Å². The highest BCUT2D eigenvalue weighted by molar-refractivity contribution is 4.81. The molecule has 0 bridgehead atoms. The quantitative estimate of drug-likeness (QED) is 0.508. The van der Waals surface area contributed by atoms with Crippen LogP contribution in [-0.2, 0) is 0 Å². The highest BCUT2D eigenvalue weighted by Crippen LogP contribution is 2.08. The second-order valence-corrected chi connectivity index (χ2v) is 2.32. The van der Waals surface area contributed by atoms with Gasteiger partial charge in [0.2, 0.25) is 0 Å². The molecule has 0 amide bonds. The lowest BCUT2D eigenvalue weighted by Crippen LogP contribution is -2.28. The second kappa shape index (κ2) is 2.46. The Morgan fingerprint density at radius 3 is 2.75 bits per heavy atom. The van der Waals surface area contributed by atoms with Gasteiger partial charge in [0.15, 0.2) is 0 Å². The van der Waals surface area contributed by atoms with Gasteiger partial charge in [-0.3, -0.25) is 0 Å². The summed E-state index contributed by atoms with van der Waals surface area (Å²) < 4.78 is 0. The summed E-state index contributed by atoms with van der Waals surface area (Å²) in [6, 6.07) is 0.370. The van der Waals surface area contributed by atoms with Crippen LogP contribution in [0.5, 0.6) is 0 Å². The molecular formula is C6H13NO. The van der Waals surface area contributed by atoms with Crippen LogP contribution < -0.4 is 5.32 Å². The molecule has 2 nitrogen and oxygen atoms in total. The molecule has 0 aromatic rings. The van der Waals surface area contributed by atoms with Crippen LogP contribution in [0.2, 0.25) is 0 Å². The fourth-order valence-corrected chi connectivity index (χ4v) is 1.17. The van der Waals surface area contributed by atoms with Crippen molar-refractivity contribution >= 4 is 0 Å². The summed E-state index contributed by atoms with van der Waals surface area (Å²) in [5.74, 6) is 0. The Kier molecular flexibility index (Phi) is 1.86. The van der Waals surface area contributed by atoms with Crippen LogP contribution in [0.4, 0.5) is 0 Å². The Morgan fingerprint density at radius 1 is 1.75 bits per heavy atom. The standard InChI is InChI=1S/C6H13NO/c1-2-5-6(8)3-4-7-5/h5-8H,2-4H2,1H3/t5?,6-/m1/s1. The Hall–Kier alpha value is -0.0800. The topological polar surface area (TPSA) is 32.3 Å². The van der Waals surface area contributed by atoms with Crippen LogP contribution in [0.15, 0.2) is 0 Å². The molecule has 2 N–H and O–H groups in total. The first-order valence-corrected chi connectivity index (χ1v) is 3.26. The zero-order valence-corrected chi connectivity index (χ0v) is 5.22. The lowest BCUT2D eigenvalue weighted by molar-refractivity contribution is 0.157. The molecule has 1 unspecified atom stereocenters. The summed E-state index contributed by atoms with van der Waals surface area (Å²) in [6.07, 6.45) is 1.89. The average Bonchev–Trinajstić information content (AvgIpc) is 2.14. The Morgan fingerprint density at radius 2 is 2.50 bits per heavy atom. The maximum absolute atomic E-state index is 9.13. The molecule has 1 fully saturated rings. The number of nitrogens with one attached hydrogen (secondary N) is 1. The van der Waals surface area contributed by atoms with Gasteiger partial charge in [-0.05, 0) is 19.4 Å². The Balaban J connectivity index is 2.30. The number of aliphatic hydroxyl groups is 1. The van der Waals surface area contributed by atoms with E-state index in [2.05, 4.69) is 12.2 Å². The highest BCUT2D eigenvalue weighted by atomic mass is 16.3. The van der Waals surface area contributed by atoms with Crippen molar-refractivity contribution < 1.29 is 5.11 Å². The monoisotopic (exact) mass is 115 g/mol. The molecule has 1 aliphatic rings. The summed E-state index contributed by atoms with van der Waals surface area (Å²) >= 11 is 0. The maximum Gasteiger partial charge on any atom is 0.0705 e. The molecule has 48 valence electrons. The minimum atomic E-state index is -0.0833. The molecule has 0 aromatic heterocycles. The summed E-state index contributed by atoms with van der Waals surface area (Å²) in [5.41, 5.74) is 0. The van der Waals surface area contributed by atoms with Crippen LogP contribution in [0.25, 0.3) is 0 Å². The molecule has 0 saturated carbocycles. The first-order valence-electron chi connectivity index (χ1n) is 3.26. The summed E-state index contributed by atoms with van der Waals surface area (Å²) in [6.45, 7) is 3.08. The first kappa shape index (κ1) is 6.05. The molecule has 0 aromatic carbocycles. The molecule has 1 saturated heterocycles. The zero-order chi connectivity index (χ0) is 5.98. The van der Waals surface area contributed by atoms with Gasteiger partial charge in [-0.15, -0.1) is 0 Å². The van der Waals surface area contributed by atoms with Crippen LogP contribution >= 0.6 is 0 Å². The van der Waals surface area contributed by atoms with Crippen molar-refractivity contribution in [2.24, 2.45) is 0 Å². The lowest BCUT2D eigenvalue weighted by Gasteiger charge is -2.09. The SMILES string of the molecule is CCC1NCC[C@H]1O. The van der Waals surface area contributed by atoms with Gasteiger partial charge in [0.05, 0.1) is 6.10 Å². The normalized spacial score (nSPS) is 38.2. The van der Waals surface area contributed by atoms with Gasteiger partial charge in [-0.2, -0.15) is 0 Å². The average molecular weight is 115 g/mol. The van der Waals surface area contributed by atoms with E-state index in [4.69, 9.17) is 5.11 Å². The molecule has 2 atom stereocenters. The van der Waals surface area contributed by atoms with E-state index in [-0.39, 0.29) is 6.10 Å². The van der Waals surface area contributed by atoms with Crippen molar-refractivity contribution in [1.82, 2.24) is 5.32 Å². The minimum absolute atomic E-state index is 0.0833. The zero-order valence-electron chi connectivity index (χ0n) is 5.22. The molecule has 1 rings (SSSR count). The molecule has 0 spiro atoms. The fraction of sp³-hybridized carbons (Fsp3) is 1.00. The number of rotatable bonds is 1. The van der Waals surface area contributed by atoms with Gasteiger partial charge in [-0.1, -0.05) is 6.92 Å². The van der Waals surface area contributed by atoms with Crippen LogP contribution in [0.3, 0.4) is 0 Å². The summed E-state index contributed by atoms with van der Waals surface area (Å²) in [7, 11) is 0. The highest BCUT2D eigenvalue weighted by Gasteiger charge is 2.21. The van der Waals surface area contributed by atoms with Crippen molar-refractivity contribution in [3.63, 3.8) is 0 Å². The molecule has 0 aliphatic carbocycles. The summed E-state index contributed by atoms with van der Waals surface area (Å²) in [5, 5.41) is 12.3. The van der Waals surface area contributed by atoms with Gasteiger partial charge in [0.1, 0.15) is 0 Å². The second-order valence-electron chi connectivity index (χ2n) is 2.32. The maximum atomic E-state index is 9.13. The third kappa shape index (κ3) is 1.01. The third-order valence-electron chi connectivity index (χ3n) is 1.75. The smallest absolute Gasteiger partial charge is 0.0705 e. The third-order valence-corrected chi connectivity index (χ3v) is 1.75. The number of aliphatic hydroxyl groups excluding tert-OH is 1. The molecule has 8 heavy (non-hydrogen) atoms. The van der Waals surface area contributed by atoms with Crippen molar-refractivity contribution in [2.45, 2.75) is 31.9 Å². The first-order chi connectivity index (χ1) is 3.84. The number of hydrogen-bond donors (Lipinski definition) is 2. The van der Waals surface area contributed by atoms with Crippen LogP contribution in [-0.4, -0.2) is 23.8 Å². The molecule has 0 radical (unpaired) electrons. The lowest BCUT2D eigenvalue weighted by atomic mass is 10.1. The van der Waals surface area contributed by atoms with Gasteiger partial charge in [-0.25, -0.2) is 0 Å². The molecule has 1 heterocycles. The molecule has 1 aliphatic heterocycles. The van der Waals surface area contributed by atoms with Gasteiger partial charge in [0, 0.05) is 6.04 Å². The largest absolute Gasteiger partial charge is 0.391 e. The van der Waals surface area contributed by atoms with Gasteiger partial charge < -0.3 is 10.4 Å². The Labute approximate surface area is 49.9 Å². The molecular weight excluding hydrogens is 102 g/mol. The van der Waals surface area contributed by atoms with E-state index in [0.29, 0.717) is 6.04 Å². The molecule has 2 heteroatoms. The summed E-state index contributed by atoms with van der Waals surface area (Å²) in [4.78, 5) is 0. The van der Waals surface area contributed by atoms with Crippen LogP contribution in [0, 0.1) is 0 Å².